The van der Waals surface area contributed by atoms with Crippen LogP contribution in [-0.4, -0.2) is 29.6 Å². The van der Waals surface area contributed by atoms with Gasteiger partial charge in [-0.25, -0.2) is 9.97 Å². The second kappa shape index (κ2) is 6.53. The summed E-state index contributed by atoms with van der Waals surface area (Å²) in [6, 6.07) is 0.739. The number of rotatable bonds is 6. The van der Waals surface area contributed by atoms with E-state index in [-0.39, 0.29) is 0 Å². The van der Waals surface area contributed by atoms with E-state index in [1.165, 1.54) is 50.5 Å². The van der Waals surface area contributed by atoms with Crippen LogP contribution in [0.5, 0.6) is 0 Å². The second-order valence-electron chi connectivity index (χ2n) is 6.43. The van der Waals surface area contributed by atoms with Crippen LogP contribution < -0.4 is 10.2 Å². The van der Waals surface area contributed by atoms with E-state index in [0.29, 0.717) is 0 Å². The van der Waals surface area contributed by atoms with Gasteiger partial charge >= 0.3 is 0 Å². The molecule has 0 amide bonds. The molecule has 0 radical (unpaired) electrons. The van der Waals surface area contributed by atoms with Crippen LogP contribution in [0, 0.1) is 5.92 Å². The molecule has 0 saturated heterocycles. The summed E-state index contributed by atoms with van der Waals surface area (Å²) in [5.74, 6) is 1.69. The molecular formula is C16H26N4. The molecule has 20 heavy (non-hydrogen) atoms. The van der Waals surface area contributed by atoms with Crippen LogP contribution in [0.1, 0.15) is 50.5 Å². The average molecular weight is 274 g/mol. The van der Waals surface area contributed by atoms with E-state index in [2.05, 4.69) is 27.2 Å². The summed E-state index contributed by atoms with van der Waals surface area (Å²) in [6.07, 6.45) is 13.5. The number of hydrogen-bond acceptors (Lipinski definition) is 4. The number of anilines is 1. The highest BCUT2D eigenvalue weighted by Gasteiger charge is 2.20. The average Bonchev–Trinajstić information content (AvgIpc) is 3.31. The first-order chi connectivity index (χ1) is 9.81. The highest BCUT2D eigenvalue weighted by molar-refractivity contribution is 5.28. The summed E-state index contributed by atoms with van der Waals surface area (Å²) < 4.78 is 0. The van der Waals surface area contributed by atoms with Crippen molar-refractivity contribution in [1.29, 1.82) is 0 Å². The number of nitrogens with one attached hydrogen (secondary N) is 1. The van der Waals surface area contributed by atoms with Crippen LogP contribution in [0.3, 0.4) is 0 Å². The smallest absolute Gasteiger partial charge is 0.225 e. The standard InChI is InChI=1S/C16H26N4/c1-20(12-13-5-3-2-4-6-13)16-18-10-14(11-19-16)9-17-15-7-8-15/h10-11,13,15,17H,2-9,12H2,1H3. The summed E-state index contributed by atoms with van der Waals surface area (Å²) in [5.41, 5.74) is 1.19. The zero-order chi connectivity index (χ0) is 13.8. The monoisotopic (exact) mass is 274 g/mol. The van der Waals surface area contributed by atoms with Crippen molar-refractivity contribution in [3.63, 3.8) is 0 Å². The van der Waals surface area contributed by atoms with Gasteiger partial charge < -0.3 is 10.2 Å². The van der Waals surface area contributed by atoms with E-state index < -0.39 is 0 Å². The Morgan fingerprint density at radius 3 is 2.45 bits per heavy atom. The van der Waals surface area contributed by atoms with Gasteiger partial charge in [-0.1, -0.05) is 19.3 Å². The van der Waals surface area contributed by atoms with Gasteiger partial charge in [-0.05, 0) is 31.6 Å². The molecule has 0 aromatic carbocycles. The van der Waals surface area contributed by atoms with Crippen LogP contribution >= 0.6 is 0 Å². The fourth-order valence-electron chi connectivity index (χ4n) is 3.02. The van der Waals surface area contributed by atoms with Gasteiger partial charge in [0, 0.05) is 44.1 Å². The van der Waals surface area contributed by atoms with Gasteiger partial charge in [0.15, 0.2) is 0 Å². The Bertz CT molecular complexity index is 407. The number of nitrogens with zero attached hydrogens (tertiary/aromatic N) is 3. The Kier molecular flexibility index (Phi) is 4.51. The largest absolute Gasteiger partial charge is 0.344 e. The maximum atomic E-state index is 4.52. The fraction of sp³-hybridized carbons (Fsp3) is 0.750. The Morgan fingerprint density at radius 1 is 1.10 bits per heavy atom. The molecule has 4 heteroatoms. The second-order valence-corrected chi connectivity index (χ2v) is 6.43. The minimum atomic E-state index is 0.739. The predicted octanol–water partition coefficient (Wildman–Crippen LogP) is 2.75. The van der Waals surface area contributed by atoms with Gasteiger partial charge in [-0.3, -0.25) is 0 Å². The van der Waals surface area contributed by atoms with Crippen LogP contribution in [0.15, 0.2) is 12.4 Å². The predicted molar refractivity (Wildman–Crippen MR) is 81.7 cm³/mol. The first-order valence-corrected chi connectivity index (χ1v) is 8.07. The lowest BCUT2D eigenvalue weighted by Crippen LogP contribution is -2.28. The Morgan fingerprint density at radius 2 is 1.80 bits per heavy atom. The summed E-state index contributed by atoms with van der Waals surface area (Å²) in [6.45, 7) is 2.00. The van der Waals surface area contributed by atoms with Crippen LogP contribution in [0.25, 0.3) is 0 Å². The quantitative estimate of drug-likeness (QED) is 0.866. The van der Waals surface area contributed by atoms with E-state index in [4.69, 9.17) is 0 Å². The summed E-state index contributed by atoms with van der Waals surface area (Å²) in [4.78, 5) is 11.3. The van der Waals surface area contributed by atoms with Crippen molar-refractivity contribution >= 4 is 5.95 Å². The molecule has 0 atom stereocenters. The normalized spacial score (nSPS) is 20.1. The SMILES string of the molecule is CN(CC1CCCCC1)c1ncc(CNC2CC2)cn1. The molecule has 1 aromatic heterocycles. The molecule has 0 bridgehead atoms. The zero-order valence-corrected chi connectivity index (χ0v) is 12.5. The third-order valence-corrected chi connectivity index (χ3v) is 4.46. The molecule has 4 nitrogen and oxygen atoms in total. The third kappa shape index (κ3) is 3.92. The van der Waals surface area contributed by atoms with E-state index in [0.717, 1.165) is 31.0 Å². The molecule has 110 valence electrons. The van der Waals surface area contributed by atoms with Crippen molar-refractivity contribution in [2.75, 3.05) is 18.5 Å². The van der Waals surface area contributed by atoms with Gasteiger partial charge in [-0.15, -0.1) is 0 Å². The summed E-state index contributed by atoms with van der Waals surface area (Å²) in [5, 5.41) is 3.49. The molecule has 1 aromatic rings. The minimum Gasteiger partial charge on any atom is -0.344 e. The lowest BCUT2D eigenvalue weighted by Gasteiger charge is -2.27. The van der Waals surface area contributed by atoms with E-state index in [1.54, 1.807) is 0 Å². The lowest BCUT2D eigenvalue weighted by atomic mass is 9.89. The van der Waals surface area contributed by atoms with Crippen LogP contribution in [-0.2, 0) is 6.54 Å². The minimum absolute atomic E-state index is 0.739. The first kappa shape index (κ1) is 13.8. The van der Waals surface area contributed by atoms with Crippen molar-refractivity contribution in [3.05, 3.63) is 18.0 Å². The summed E-state index contributed by atoms with van der Waals surface area (Å²) >= 11 is 0. The van der Waals surface area contributed by atoms with Gasteiger partial charge in [-0.2, -0.15) is 0 Å². The van der Waals surface area contributed by atoms with E-state index in [1.807, 2.05) is 12.4 Å². The summed E-state index contributed by atoms with van der Waals surface area (Å²) in [7, 11) is 2.12. The van der Waals surface area contributed by atoms with Crippen molar-refractivity contribution in [3.8, 4) is 0 Å². The first-order valence-electron chi connectivity index (χ1n) is 8.07. The molecule has 2 aliphatic rings. The molecule has 2 aliphatic carbocycles. The molecule has 3 rings (SSSR count). The van der Waals surface area contributed by atoms with Crippen LogP contribution in [0.4, 0.5) is 5.95 Å². The molecule has 0 aliphatic heterocycles. The Hall–Kier alpha value is -1.16. The Balaban J connectivity index is 1.49. The van der Waals surface area contributed by atoms with Gasteiger partial charge in [0.1, 0.15) is 0 Å². The lowest BCUT2D eigenvalue weighted by molar-refractivity contribution is 0.361. The molecular weight excluding hydrogens is 248 g/mol. The topological polar surface area (TPSA) is 41.1 Å². The van der Waals surface area contributed by atoms with Crippen molar-refractivity contribution in [2.45, 2.75) is 57.5 Å². The van der Waals surface area contributed by atoms with Gasteiger partial charge in [0.2, 0.25) is 5.95 Å². The number of hydrogen-bond donors (Lipinski definition) is 1. The fourth-order valence-corrected chi connectivity index (χ4v) is 3.02. The number of aromatic nitrogens is 2. The molecule has 0 unspecified atom stereocenters. The molecule has 1 N–H and O–H groups in total. The molecule has 2 saturated carbocycles. The van der Waals surface area contributed by atoms with Gasteiger partial charge in [0.25, 0.3) is 0 Å². The van der Waals surface area contributed by atoms with Crippen molar-refractivity contribution in [1.82, 2.24) is 15.3 Å². The Labute approximate surface area is 122 Å². The molecule has 1 heterocycles. The third-order valence-electron chi connectivity index (χ3n) is 4.46. The van der Waals surface area contributed by atoms with Crippen LogP contribution in [0.2, 0.25) is 0 Å². The molecule has 2 fully saturated rings. The van der Waals surface area contributed by atoms with E-state index >= 15 is 0 Å². The zero-order valence-electron chi connectivity index (χ0n) is 12.5. The van der Waals surface area contributed by atoms with E-state index in [9.17, 15) is 0 Å². The maximum Gasteiger partial charge on any atom is 0.225 e. The highest BCUT2D eigenvalue weighted by Crippen LogP contribution is 2.25. The highest BCUT2D eigenvalue weighted by atomic mass is 15.2. The van der Waals surface area contributed by atoms with Crippen molar-refractivity contribution in [2.24, 2.45) is 5.92 Å². The van der Waals surface area contributed by atoms with Crippen molar-refractivity contribution < 1.29 is 0 Å². The van der Waals surface area contributed by atoms with Gasteiger partial charge in [0.05, 0.1) is 0 Å². The maximum absolute atomic E-state index is 4.52. The molecule has 0 spiro atoms.